The van der Waals surface area contributed by atoms with Crippen molar-refractivity contribution in [1.29, 1.82) is 0 Å². The zero-order valence-electron chi connectivity index (χ0n) is 17.6. The number of hydrogen-bond donors (Lipinski definition) is 4. The Labute approximate surface area is 182 Å². The lowest BCUT2D eigenvalue weighted by atomic mass is 10.1. The number of benzene rings is 1. The van der Waals surface area contributed by atoms with Gasteiger partial charge in [-0.05, 0) is 24.0 Å². The van der Waals surface area contributed by atoms with Crippen LogP contribution in [0.2, 0.25) is 0 Å². The van der Waals surface area contributed by atoms with Crippen LogP contribution in [0.5, 0.6) is 11.8 Å². The lowest BCUT2D eigenvalue weighted by Gasteiger charge is -2.21. The topological polar surface area (TPSA) is 130 Å². The smallest absolute Gasteiger partial charge is 0.326 e. The number of nitrogens with two attached hydrogens (primary N) is 1. The molecule has 32 heavy (non-hydrogen) atoms. The Morgan fingerprint density at radius 3 is 2.56 bits per heavy atom. The average Bonchev–Trinajstić information content (AvgIpc) is 3.13. The number of aromatic amines is 1. The van der Waals surface area contributed by atoms with Gasteiger partial charge in [0.05, 0.1) is 29.0 Å². The van der Waals surface area contributed by atoms with Crippen LogP contribution in [-0.2, 0) is 0 Å². The molecule has 11 heteroatoms. The van der Waals surface area contributed by atoms with E-state index in [1.807, 2.05) is 0 Å². The molecule has 0 spiro atoms. The fraction of sp³-hybridized carbons (Fsp3) is 0.333. The van der Waals surface area contributed by atoms with Crippen molar-refractivity contribution in [3.8, 4) is 11.8 Å². The van der Waals surface area contributed by atoms with Crippen molar-refractivity contribution < 1.29 is 9.13 Å². The summed E-state index contributed by atoms with van der Waals surface area (Å²) in [5.41, 5.74) is 8.12. The van der Waals surface area contributed by atoms with E-state index in [1.54, 1.807) is 26.5 Å². The second kappa shape index (κ2) is 6.89. The van der Waals surface area contributed by atoms with E-state index in [4.69, 9.17) is 15.5 Å². The standard InChI is InChI=1S/C21H22FN9O/c1-24-14-4-9(22)3-11-15-18(28-17(11)14)29-21(32-10-5-26-20(25-2)27-6-10)30-19(15)31-7-12-13(8-31)16(12)23/h3-6,12-13,16,24H,7-8,23H2,1-2H3,(H,25,26,27)(H,28,29,30). The highest BCUT2D eigenvalue weighted by Gasteiger charge is 2.54. The third-order valence-electron chi connectivity index (χ3n) is 6.38. The molecule has 1 saturated heterocycles. The molecule has 1 aromatic carbocycles. The van der Waals surface area contributed by atoms with Gasteiger partial charge in [-0.2, -0.15) is 9.97 Å². The van der Waals surface area contributed by atoms with Crippen LogP contribution in [0.25, 0.3) is 21.9 Å². The number of anilines is 3. The van der Waals surface area contributed by atoms with E-state index in [0.717, 1.165) is 29.4 Å². The lowest BCUT2D eigenvalue weighted by molar-refractivity contribution is 0.440. The Morgan fingerprint density at radius 1 is 1.12 bits per heavy atom. The van der Waals surface area contributed by atoms with E-state index in [-0.39, 0.29) is 17.9 Å². The molecule has 2 fully saturated rings. The summed E-state index contributed by atoms with van der Waals surface area (Å²) >= 11 is 0. The number of piperidine rings is 1. The Morgan fingerprint density at radius 2 is 1.88 bits per heavy atom. The van der Waals surface area contributed by atoms with E-state index in [1.165, 1.54) is 12.1 Å². The highest BCUT2D eigenvalue weighted by Crippen LogP contribution is 2.47. The van der Waals surface area contributed by atoms with Crippen molar-refractivity contribution >= 4 is 39.4 Å². The molecule has 4 heterocycles. The van der Waals surface area contributed by atoms with Crippen molar-refractivity contribution in [3.63, 3.8) is 0 Å². The number of H-pyrrole nitrogens is 1. The molecule has 6 rings (SSSR count). The maximum Gasteiger partial charge on any atom is 0.326 e. The van der Waals surface area contributed by atoms with Gasteiger partial charge in [-0.25, -0.2) is 14.4 Å². The monoisotopic (exact) mass is 435 g/mol. The third kappa shape index (κ3) is 2.88. The van der Waals surface area contributed by atoms with Gasteiger partial charge in [-0.15, -0.1) is 0 Å². The quantitative estimate of drug-likeness (QED) is 0.373. The van der Waals surface area contributed by atoms with E-state index >= 15 is 0 Å². The molecule has 0 bridgehead atoms. The molecule has 3 aromatic heterocycles. The number of aromatic nitrogens is 5. The predicted molar refractivity (Wildman–Crippen MR) is 120 cm³/mol. The second-order valence-corrected chi connectivity index (χ2v) is 8.21. The molecule has 2 unspecified atom stereocenters. The first-order valence-electron chi connectivity index (χ1n) is 10.4. The van der Waals surface area contributed by atoms with Crippen molar-refractivity contribution in [2.24, 2.45) is 17.6 Å². The fourth-order valence-corrected chi connectivity index (χ4v) is 4.64. The lowest BCUT2D eigenvalue weighted by Crippen LogP contribution is -2.29. The Bertz CT molecular complexity index is 1330. The normalized spacial score (nSPS) is 21.8. The SMILES string of the molecule is CNc1ncc(Oc2nc(N3CC4C(N)C4C3)c3c(n2)[nH]c2c(NC)cc(F)cc23)cn1. The number of nitrogens with zero attached hydrogens (tertiary/aromatic N) is 5. The van der Waals surface area contributed by atoms with Crippen LogP contribution in [0.1, 0.15) is 0 Å². The van der Waals surface area contributed by atoms with Crippen LogP contribution < -0.4 is 26.0 Å². The highest BCUT2D eigenvalue weighted by molar-refractivity contribution is 6.14. The van der Waals surface area contributed by atoms with Crippen molar-refractivity contribution in [3.05, 3.63) is 30.3 Å². The summed E-state index contributed by atoms with van der Waals surface area (Å²) in [7, 11) is 3.49. The van der Waals surface area contributed by atoms with Crippen molar-refractivity contribution in [2.75, 3.05) is 42.7 Å². The summed E-state index contributed by atoms with van der Waals surface area (Å²) in [6.07, 6.45) is 3.10. The molecule has 1 aliphatic heterocycles. The Hall–Kier alpha value is -3.73. The van der Waals surface area contributed by atoms with E-state index in [0.29, 0.717) is 40.7 Å². The third-order valence-corrected chi connectivity index (χ3v) is 6.38. The van der Waals surface area contributed by atoms with Gasteiger partial charge in [0.15, 0.2) is 5.75 Å². The van der Waals surface area contributed by atoms with Gasteiger partial charge in [0, 0.05) is 38.6 Å². The molecule has 2 aliphatic rings. The molecule has 0 amide bonds. The largest absolute Gasteiger partial charge is 0.421 e. The van der Waals surface area contributed by atoms with Gasteiger partial charge < -0.3 is 31.0 Å². The molecule has 4 aromatic rings. The number of hydrogen-bond acceptors (Lipinski definition) is 9. The van der Waals surface area contributed by atoms with Crippen molar-refractivity contribution in [1.82, 2.24) is 24.9 Å². The van der Waals surface area contributed by atoms with Crippen LogP contribution in [0.15, 0.2) is 24.5 Å². The molecule has 1 aliphatic carbocycles. The summed E-state index contributed by atoms with van der Waals surface area (Å²) in [5.74, 6) is 2.19. The van der Waals surface area contributed by atoms with Gasteiger partial charge in [-0.1, -0.05) is 0 Å². The molecule has 1 saturated carbocycles. The van der Waals surface area contributed by atoms with Gasteiger partial charge >= 0.3 is 6.01 Å². The van der Waals surface area contributed by atoms with E-state index < -0.39 is 0 Å². The zero-order valence-corrected chi connectivity index (χ0v) is 17.6. The molecule has 5 N–H and O–H groups in total. The summed E-state index contributed by atoms with van der Waals surface area (Å²) in [4.78, 5) is 23.1. The maximum atomic E-state index is 14.4. The molecule has 0 radical (unpaired) electrons. The van der Waals surface area contributed by atoms with Crippen LogP contribution in [0, 0.1) is 17.7 Å². The number of fused-ring (bicyclic) bond motifs is 4. The maximum absolute atomic E-state index is 14.4. The first kappa shape index (κ1) is 19.0. The first-order chi connectivity index (χ1) is 15.6. The molecular weight excluding hydrogens is 413 g/mol. The van der Waals surface area contributed by atoms with Crippen LogP contribution >= 0.6 is 0 Å². The summed E-state index contributed by atoms with van der Waals surface area (Å²) in [6, 6.07) is 3.37. The van der Waals surface area contributed by atoms with Gasteiger partial charge in [0.1, 0.15) is 17.3 Å². The average molecular weight is 435 g/mol. The summed E-state index contributed by atoms with van der Waals surface area (Å²) in [6.45, 7) is 1.61. The van der Waals surface area contributed by atoms with Gasteiger partial charge in [0.2, 0.25) is 5.95 Å². The molecule has 10 nitrogen and oxygen atoms in total. The van der Waals surface area contributed by atoms with Crippen LogP contribution in [0.4, 0.5) is 21.8 Å². The first-order valence-corrected chi connectivity index (χ1v) is 10.4. The minimum Gasteiger partial charge on any atom is -0.421 e. The number of nitrogens with one attached hydrogen (secondary N) is 3. The van der Waals surface area contributed by atoms with Crippen molar-refractivity contribution in [2.45, 2.75) is 6.04 Å². The number of halogens is 1. The van der Waals surface area contributed by atoms with Gasteiger partial charge in [0.25, 0.3) is 0 Å². The highest BCUT2D eigenvalue weighted by atomic mass is 19.1. The minimum absolute atomic E-state index is 0.163. The summed E-state index contributed by atoms with van der Waals surface area (Å²) < 4.78 is 20.3. The number of rotatable bonds is 5. The molecule has 164 valence electrons. The molecular formula is C21H22FN9O. The van der Waals surface area contributed by atoms with Crippen LogP contribution in [-0.4, -0.2) is 58.1 Å². The van der Waals surface area contributed by atoms with Gasteiger partial charge in [-0.3, -0.25) is 0 Å². The number of ether oxygens (including phenoxy) is 1. The molecule has 2 atom stereocenters. The summed E-state index contributed by atoms with van der Waals surface area (Å²) in [5, 5.41) is 7.39. The van der Waals surface area contributed by atoms with Crippen LogP contribution in [0.3, 0.4) is 0 Å². The van der Waals surface area contributed by atoms with E-state index in [2.05, 4.69) is 35.5 Å². The fourth-order valence-electron chi connectivity index (χ4n) is 4.64. The minimum atomic E-state index is -0.331. The zero-order chi connectivity index (χ0) is 22.0. The predicted octanol–water partition coefficient (Wildman–Crippen LogP) is 2.31. The Balaban J connectivity index is 1.50. The Kier molecular flexibility index (Phi) is 4.09. The van der Waals surface area contributed by atoms with E-state index in [9.17, 15) is 4.39 Å². The second-order valence-electron chi connectivity index (χ2n) is 8.21.